The number of carbonyl (C=O) groups excluding carboxylic acids is 1. The van der Waals surface area contributed by atoms with Crippen LogP contribution in [-0.4, -0.2) is 37.6 Å². The van der Waals surface area contributed by atoms with Crippen LogP contribution in [0.15, 0.2) is 55.3 Å². The summed E-state index contributed by atoms with van der Waals surface area (Å²) in [4.78, 5) is 12.7. The molecule has 0 unspecified atom stereocenters. The minimum Gasteiger partial charge on any atom is -0.381 e. The highest BCUT2D eigenvalue weighted by molar-refractivity contribution is 6.31. The number of ether oxygens (including phenoxy) is 1. The first-order valence-electron chi connectivity index (χ1n) is 10.1. The van der Waals surface area contributed by atoms with Crippen molar-refractivity contribution in [1.29, 1.82) is 0 Å². The van der Waals surface area contributed by atoms with Crippen LogP contribution in [-0.2, 0) is 15.1 Å². The number of halogens is 1. The van der Waals surface area contributed by atoms with E-state index in [-0.39, 0.29) is 11.0 Å². The zero-order chi connectivity index (χ0) is 21.1. The Hall–Kier alpha value is -2.04. The summed E-state index contributed by atoms with van der Waals surface area (Å²) in [6.45, 7) is 15.6. The Morgan fingerprint density at radius 1 is 1.31 bits per heavy atom. The third kappa shape index (κ3) is 4.44. The Balaban J connectivity index is 0.000000419. The maximum Gasteiger partial charge on any atom is 0.209 e. The van der Waals surface area contributed by atoms with Crippen LogP contribution in [0.5, 0.6) is 0 Å². The lowest BCUT2D eigenvalue weighted by molar-refractivity contribution is -0.147. The average molecular weight is 415 g/mol. The fraction of sp³-hybridized carbons (Fsp3) is 0.458. The number of hydrogen-bond donors (Lipinski definition) is 1. The number of likely N-dealkylation sites (tertiary alicyclic amines) is 1. The summed E-state index contributed by atoms with van der Waals surface area (Å²) in [5, 5.41) is 4.45. The molecule has 1 amide bonds. The molecular weight excluding hydrogens is 384 g/mol. The molecule has 2 heterocycles. The molecule has 3 aliphatic rings. The van der Waals surface area contributed by atoms with Crippen molar-refractivity contribution in [2.45, 2.75) is 32.2 Å². The van der Waals surface area contributed by atoms with E-state index in [4.69, 9.17) is 16.3 Å². The Morgan fingerprint density at radius 2 is 1.97 bits per heavy atom. The first kappa shape index (κ1) is 21.7. The lowest BCUT2D eigenvalue weighted by Crippen LogP contribution is -2.69. The Kier molecular flexibility index (Phi) is 6.55. The topological polar surface area (TPSA) is 41.6 Å². The SMILES string of the molecule is C=C/C=C(\C=C)NC1(c2cccc(Cl)c2C)CC2(CN(C=O)C2)C1.CC1COC1. The molecule has 1 aromatic rings. The van der Waals surface area contributed by atoms with Gasteiger partial charge in [0.2, 0.25) is 6.41 Å². The molecule has 1 N–H and O–H groups in total. The van der Waals surface area contributed by atoms with Crippen molar-refractivity contribution in [3.8, 4) is 0 Å². The summed E-state index contributed by atoms with van der Waals surface area (Å²) in [6, 6.07) is 6.07. The van der Waals surface area contributed by atoms with Crippen LogP contribution in [0.25, 0.3) is 0 Å². The van der Waals surface area contributed by atoms with Gasteiger partial charge in [-0.15, -0.1) is 0 Å². The van der Waals surface area contributed by atoms with Crippen LogP contribution in [0, 0.1) is 18.3 Å². The highest BCUT2D eigenvalue weighted by atomic mass is 35.5. The van der Waals surface area contributed by atoms with E-state index in [0.29, 0.717) is 0 Å². The van der Waals surface area contributed by atoms with Gasteiger partial charge in [-0.2, -0.15) is 0 Å². The molecule has 2 saturated heterocycles. The predicted octanol–water partition coefficient (Wildman–Crippen LogP) is 4.59. The lowest BCUT2D eigenvalue weighted by atomic mass is 9.51. The molecule has 0 bridgehead atoms. The van der Waals surface area contributed by atoms with Gasteiger partial charge in [-0.3, -0.25) is 4.79 Å². The predicted molar refractivity (Wildman–Crippen MR) is 119 cm³/mol. The fourth-order valence-electron chi connectivity index (χ4n) is 4.73. The van der Waals surface area contributed by atoms with Crippen molar-refractivity contribution in [3.05, 3.63) is 71.4 Å². The molecule has 3 fully saturated rings. The molecule has 0 atom stereocenters. The van der Waals surface area contributed by atoms with E-state index in [1.54, 1.807) is 6.08 Å². The quantitative estimate of drug-likeness (QED) is 0.546. The number of nitrogens with zero attached hydrogens (tertiary/aromatic N) is 1. The molecule has 1 aliphatic carbocycles. The summed E-state index contributed by atoms with van der Waals surface area (Å²) in [5.41, 5.74) is 3.33. The van der Waals surface area contributed by atoms with Gasteiger partial charge >= 0.3 is 0 Å². The second-order valence-electron chi connectivity index (χ2n) is 8.69. The summed E-state index contributed by atoms with van der Waals surface area (Å²) < 4.78 is 4.83. The molecule has 0 aromatic heterocycles. The highest BCUT2D eigenvalue weighted by Gasteiger charge is 2.60. The van der Waals surface area contributed by atoms with Gasteiger partial charge in [-0.05, 0) is 49.1 Å². The van der Waals surface area contributed by atoms with Crippen molar-refractivity contribution in [2.24, 2.45) is 11.3 Å². The molecule has 1 saturated carbocycles. The van der Waals surface area contributed by atoms with Gasteiger partial charge < -0.3 is 15.0 Å². The third-order valence-electron chi connectivity index (χ3n) is 6.07. The van der Waals surface area contributed by atoms with Gasteiger partial charge in [0.25, 0.3) is 0 Å². The van der Waals surface area contributed by atoms with Crippen molar-refractivity contribution in [1.82, 2.24) is 10.2 Å². The van der Waals surface area contributed by atoms with E-state index in [1.807, 2.05) is 29.2 Å². The number of hydrogen-bond acceptors (Lipinski definition) is 3. The molecule has 4 nitrogen and oxygen atoms in total. The van der Waals surface area contributed by atoms with E-state index in [2.05, 4.69) is 38.4 Å². The van der Waals surface area contributed by atoms with Gasteiger partial charge in [0.05, 0.1) is 18.8 Å². The molecule has 4 rings (SSSR count). The molecule has 5 heteroatoms. The largest absolute Gasteiger partial charge is 0.381 e. The number of nitrogens with one attached hydrogen (secondary N) is 1. The summed E-state index contributed by atoms with van der Waals surface area (Å²) in [6.07, 6.45) is 8.40. The standard InChI is InChI=1S/C20H23ClN2O.C4H8O/c1-4-7-16(5-2)22-20(17-8-6-9-18(21)15(17)3)10-19(11-20)12-23(13-19)14-24;1-4-2-5-3-4/h4-9,14,22H,1-2,10-13H2,3H3;4H,2-3H2,1H3/b16-7+;. The van der Waals surface area contributed by atoms with Gasteiger partial charge in [-0.25, -0.2) is 0 Å². The minimum atomic E-state index is -0.174. The third-order valence-corrected chi connectivity index (χ3v) is 6.48. The number of carbonyl (C=O) groups is 1. The van der Waals surface area contributed by atoms with Crippen LogP contribution >= 0.6 is 11.6 Å². The summed E-state index contributed by atoms with van der Waals surface area (Å²) in [5.74, 6) is 0.843. The Labute approximate surface area is 179 Å². The maximum atomic E-state index is 10.9. The second-order valence-corrected chi connectivity index (χ2v) is 9.10. The van der Waals surface area contributed by atoms with Gasteiger partial charge in [0.1, 0.15) is 0 Å². The van der Waals surface area contributed by atoms with Crippen molar-refractivity contribution in [3.63, 3.8) is 0 Å². The molecule has 2 aliphatic heterocycles. The second kappa shape index (κ2) is 8.76. The highest BCUT2D eigenvalue weighted by Crippen LogP contribution is 2.59. The first-order chi connectivity index (χ1) is 13.9. The van der Waals surface area contributed by atoms with Crippen molar-refractivity contribution >= 4 is 18.0 Å². The van der Waals surface area contributed by atoms with E-state index < -0.39 is 0 Å². The van der Waals surface area contributed by atoms with Gasteiger partial charge in [0, 0.05) is 35.1 Å². The normalized spacial score (nSPS) is 21.6. The Bertz CT molecular complexity index is 799. The maximum absolute atomic E-state index is 10.9. The molecule has 0 radical (unpaired) electrons. The van der Waals surface area contributed by atoms with E-state index in [1.165, 1.54) is 5.56 Å². The molecule has 1 spiro atoms. The van der Waals surface area contributed by atoms with Crippen molar-refractivity contribution in [2.75, 3.05) is 26.3 Å². The number of benzene rings is 1. The Morgan fingerprint density at radius 3 is 2.45 bits per heavy atom. The molecule has 29 heavy (non-hydrogen) atoms. The fourth-order valence-corrected chi connectivity index (χ4v) is 4.91. The van der Waals surface area contributed by atoms with E-state index in [0.717, 1.165) is 67.8 Å². The zero-order valence-electron chi connectivity index (χ0n) is 17.4. The zero-order valence-corrected chi connectivity index (χ0v) is 18.2. The van der Waals surface area contributed by atoms with Crippen LogP contribution < -0.4 is 5.32 Å². The molecule has 1 aromatic carbocycles. The van der Waals surface area contributed by atoms with Crippen LogP contribution in [0.2, 0.25) is 5.02 Å². The number of allylic oxidation sites excluding steroid dienone is 3. The first-order valence-corrected chi connectivity index (χ1v) is 10.5. The number of amides is 1. The monoisotopic (exact) mass is 414 g/mol. The van der Waals surface area contributed by atoms with Crippen LogP contribution in [0.4, 0.5) is 0 Å². The van der Waals surface area contributed by atoms with Gasteiger partial charge in [0.15, 0.2) is 0 Å². The average Bonchev–Trinajstić information content (AvgIpc) is 2.63. The minimum absolute atomic E-state index is 0.174. The summed E-state index contributed by atoms with van der Waals surface area (Å²) in [7, 11) is 0. The molecular formula is C24H31ClN2O2. The van der Waals surface area contributed by atoms with E-state index in [9.17, 15) is 4.79 Å². The van der Waals surface area contributed by atoms with Crippen molar-refractivity contribution < 1.29 is 9.53 Å². The smallest absolute Gasteiger partial charge is 0.209 e. The molecule has 156 valence electrons. The summed E-state index contributed by atoms with van der Waals surface area (Å²) >= 11 is 6.36. The number of rotatable bonds is 6. The van der Waals surface area contributed by atoms with E-state index >= 15 is 0 Å². The van der Waals surface area contributed by atoms with Crippen LogP contribution in [0.3, 0.4) is 0 Å². The van der Waals surface area contributed by atoms with Gasteiger partial charge in [-0.1, -0.05) is 49.9 Å². The van der Waals surface area contributed by atoms with Crippen LogP contribution in [0.1, 0.15) is 30.9 Å². The lowest BCUT2D eigenvalue weighted by Gasteiger charge is -2.64.